The molecule has 1 heteroatoms. The molecule has 0 atom stereocenters. The molecule has 2 radical (unpaired) electrons. The molecule has 1 rings (SSSR count). The van der Waals surface area contributed by atoms with Gasteiger partial charge in [-0.2, -0.15) is 0 Å². The molecule has 11 heavy (non-hydrogen) atoms. The van der Waals surface area contributed by atoms with E-state index >= 15 is 0 Å². The van der Waals surface area contributed by atoms with E-state index in [1.165, 1.54) is 16.7 Å². The van der Waals surface area contributed by atoms with Crippen LogP contribution in [0.3, 0.4) is 0 Å². The summed E-state index contributed by atoms with van der Waals surface area (Å²) in [6, 6.07) is 4.24. The lowest BCUT2D eigenvalue weighted by molar-refractivity contribution is 1.14. The van der Waals surface area contributed by atoms with Gasteiger partial charge < -0.3 is 0 Å². The van der Waals surface area contributed by atoms with Crippen molar-refractivity contribution in [3.05, 3.63) is 28.8 Å². The average molecular weight is 144 g/mol. The summed E-state index contributed by atoms with van der Waals surface area (Å²) in [4.78, 5) is 0. The molecule has 0 heterocycles. The molecular weight excluding hydrogens is 131 g/mol. The normalized spacial score (nSPS) is 10.1. The summed E-state index contributed by atoms with van der Waals surface area (Å²) in [7, 11) is 5.89. The van der Waals surface area contributed by atoms with Crippen LogP contribution in [0.4, 0.5) is 0 Å². The van der Waals surface area contributed by atoms with E-state index in [2.05, 4.69) is 32.9 Å². The molecule has 56 valence electrons. The van der Waals surface area contributed by atoms with E-state index in [1.54, 1.807) is 0 Å². The number of aryl methyl sites for hydroxylation is 2. The lowest BCUT2D eigenvalue weighted by Gasteiger charge is -2.09. The smallest absolute Gasteiger partial charge is 0.0904 e. The molecule has 0 aliphatic rings. The van der Waals surface area contributed by atoms with Gasteiger partial charge in [-0.1, -0.05) is 35.6 Å². The van der Waals surface area contributed by atoms with E-state index in [1.807, 2.05) is 0 Å². The highest BCUT2D eigenvalue weighted by Gasteiger charge is 1.99. The zero-order chi connectivity index (χ0) is 8.43. The first-order valence-corrected chi connectivity index (χ1v) is 4.01. The second-order valence-electron chi connectivity index (χ2n) is 2.93. The van der Waals surface area contributed by atoms with Gasteiger partial charge in [0.25, 0.3) is 0 Å². The van der Waals surface area contributed by atoms with Gasteiger partial charge in [0, 0.05) is 0 Å². The monoisotopic (exact) mass is 144 g/mol. The maximum Gasteiger partial charge on any atom is 0.114 e. The van der Waals surface area contributed by atoms with Crippen molar-refractivity contribution in [1.29, 1.82) is 0 Å². The summed E-state index contributed by atoms with van der Waals surface area (Å²) in [6.07, 6.45) is 1.02. The Kier molecular flexibility index (Phi) is 2.38. The Morgan fingerprint density at radius 1 is 1.27 bits per heavy atom. The van der Waals surface area contributed by atoms with Gasteiger partial charge >= 0.3 is 0 Å². The zero-order valence-corrected chi connectivity index (χ0v) is 7.44. The fourth-order valence-corrected chi connectivity index (χ4v) is 1.20. The van der Waals surface area contributed by atoms with Crippen molar-refractivity contribution in [1.82, 2.24) is 0 Å². The average Bonchev–Trinajstić information content (AvgIpc) is 2.01. The van der Waals surface area contributed by atoms with E-state index < -0.39 is 0 Å². The van der Waals surface area contributed by atoms with Crippen LogP contribution < -0.4 is 5.46 Å². The molecule has 0 bridgehead atoms. The largest absolute Gasteiger partial charge is 0.114 e. The van der Waals surface area contributed by atoms with Crippen molar-refractivity contribution in [2.24, 2.45) is 0 Å². The second kappa shape index (κ2) is 3.12. The Morgan fingerprint density at radius 2 is 1.91 bits per heavy atom. The summed E-state index contributed by atoms with van der Waals surface area (Å²) in [6.45, 7) is 6.29. The van der Waals surface area contributed by atoms with Crippen LogP contribution in [0.2, 0.25) is 0 Å². The van der Waals surface area contributed by atoms with Crippen LogP contribution in [-0.4, -0.2) is 7.85 Å². The highest BCUT2D eigenvalue weighted by Crippen LogP contribution is 2.06. The Hall–Kier alpha value is -0.715. The maximum absolute atomic E-state index is 5.89. The third-order valence-electron chi connectivity index (χ3n) is 2.26. The minimum Gasteiger partial charge on any atom is -0.0904 e. The van der Waals surface area contributed by atoms with Gasteiger partial charge in [-0.15, -0.1) is 0 Å². The standard InChI is InChI=1S/C10H13B/c1-4-9-6-5-7(2)8(3)10(9)11/h5-6H,4H2,1-3H3. The van der Waals surface area contributed by atoms with Crippen LogP contribution in [-0.2, 0) is 6.42 Å². The quantitative estimate of drug-likeness (QED) is 0.526. The zero-order valence-electron chi connectivity index (χ0n) is 7.44. The van der Waals surface area contributed by atoms with Crippen molar-refractivity contribution >= 4 is 13.3 Å². The second-order valence-corrected chi connectivity index (χ2v) is 2.93. The predicted octanol–water partition coefficient (Wildman–Crippen LogP) is 1.66. The van der Waals surface area contributed by atoms with Crippen molar-refractivity contribution in [3.63, 3.8) is 0 Å². The van der Waals surface area contributed by atoms with Crippen molar-refractivity contribution in [3.8, 4) is 0 Å². The van der Waals surface area contributed by atoms with Gasteiger partial charge in [0.15, 0.2) is 0 Å². The summed E-state index contributed by atoms with van der Waals surface area (Å²) in [5.41, 5.74) is 4.73. The maximum atomic E-state index is 5.89. The fraction of sp³-hybridized carbons (Fsp3) is 0.400. The third kappa shape index (κ3) is 1.47. The highest BCUT2D eigenvalue weighted by molar-refractivity contribution is 6.34. The minimum absolute atomic E-state index is 0.965. The fourth-order valence-electron chi connectivity index (χ4n) is 1.20. The van der Waals surface area contributed by atoms with E-state index in [0.29, 0.717) is 0 Å². The Bertz CT molecular complexity index is 264. The van der Waals surface area contributed by atoms with Crippen LogP contribution >= 0.6 is 0 Å². The first-order valence-electron chi connectivity index (χ1n) is 4.01. The Morgan fingerprint density at radius 3 is 2.45 bits per heavy atom. The molecule has 0 nitrogen and oxygen atoms in total. The lowest BCUT2D eigenvalue weighted by Crippen LogP contribution is -2.14. The molecule has 0 N–H and O–H groups in total. The summed E-state index contributed by atoms with van der Waals surface area (Å²) in [5.74, 6) is 0. The van der Waals surface area contributed by atoms with Crippen LogP contribution in [0, 0.1) is 13.8 Å². The molecular formula is C10H13B. The van der Waals surface area contributed by atoms with Gasteiger partial charge in [0.05, 0.1) is 0 Å². The minimum atomic E-state index is 0.965. The first kappa shape index (κ1) is 8.38. The molecule has 0 spiro atoms. The molecule has 1 aromatic carbocycles. The molecule has 0 saturated heterocycles. The molecule has 1 aromatic rings. The van der Waals surface area contributed by atoms with Crippen molar-refractivity contribution in [2.45, 2.75) is 27.2 Å². The molecule has 0 saturated carbocycles. The van der Waals surface area contributed by atoms with Crippen molar-refractivity contribution < 1.29 is 0 Å². The molecule has 0 aliphatic carbocycles. The molecule has 0 unspecified atom stereocenters. The van der Waals surface area contributed by atoms with E-state index in [4.69, 9.17) is 7.85 Å². The Labute approximate surface area is 70.0 Å². The van der Waals surface area contributed by atoms with Gasteiger partial charge in [0.1, 0.15) is 7.85 Å². The molecule has 0 aromatic heterocycles. The molecule has 0 amide bonds. The summed E-state index contributed by atoms with van der Waals surface area (Å²) >= 11 is 0. The van der Waals surface area contributed by atoms with Crippen molar-refractivity contribution in [2.75, 3.05) is 0 Å². The number of benzene rings is 1. The van der Waals surface area contributed by atoms with E-state index in [9.17, 15) is 0 Å². The first-order chi connectivity index (χ1) is 5.16. The van der Waals surface area contributed by atoms with Crippen LogP contribution in [0.5, 0.6) is 0 Å². The topological polar surface area (TPSA) is 0 Å². The van der Waals surface area contributed by atoms with Crippen LogP contribution in [0.15, 0.2) is 12.1 Å². The summed E-state index contributed by atoms with van der Waals surface area (Å²) in [5, 5.41) is 0. The SMILES string of the molecule is [B]c1c(CC)ccc(C)c1C. The number of hydrogen-bond donors (Lipinski definition) is 0. The van der Waals surface area contributed by atoms with E-state index in [-0.39, 0.29) is 0 Å². The number of rotatable bonds is 1. The molecule has 0 fully saturated rings. The lowest BCUT2D eigenvalue weighted by atomic mass is 9.83. The Balaban J connectivity index is 3.25. The van der Waals surface area contributed by atoms with E-state index in [0.717, 1.165) is 11.9 Å². The molecule has 0 aliphatic heterocycles. The van der Waals surface area contributed by atoms with Gasteiger partial charge in [0.2, 0.25) is 0 Å². The van der Waals surface area contributed by atoms with Gasteiger partial charge in [-0.25, -0.2) is 0 Å². The predicted molar refractivity (Wildman–Crippen MR) is 50.7 cm³/mol. The van der Waals surface area contributed by atoms with Gasteiger partial charge in [-0.3, -0.25) is 0 Å². The number of hydrogen-bond acceptors (Lipinski definition) is 0. The third-order valence-corrected chi connectivity index (χ3v) is 2.26. The highest BCUT2D eigenvalue weighted by atomic mass is 14.0. The van der Waals surface area contributed by atoms with Gasteiger partial charge in [-0.05, 0) is 25.8 Å². The van der Waals surface area contributed by atoms with Crippen LogP contribution in [0.25, 0.3) is 0 Å². The van der Waals surface area contributed by atoms with Crippen LogP contribution in [0.1, 0.15) is 23.6 Å². The summed E-state index contributed by atoms with van der Waals surface area (Å²) < 4.78 is 0.